The Morgan fingerprint density at radius 3 is 2.67 bits per heavy atom. The maximum atomic E-state index is 13.7. The van der Waals surface area contributed by atoms with Crippen LogP contribution >= 0.6 is 0 Å². The summed E-state index contributed by atoms with van der Waals surface area (Å²) in [7, 11) is 1.58. The van der Waals surface area contributed by atoms with Crippen molar-refractivity contribution < 1.29 is 19.1 Å². The van der Waals surface area contributed by atoms with Crippen LogP contribution in [0, 0.1) is 0 Å². The molecule has 1 aromatic carbocycles. The number of carbonyl (C=O) groups is 3. The van der Waals surface area contributed by atoms with Gasteiger partial charge < -0.3 is 24.8 Å². The number of hydrogen-bond acceptors (Lipinski definition) is 6. The summed E-state index contributed by atoms with van der Waals surface area (Å²) in [6.07, 6.45) is 6.42. The first-order valence-corrected chi connectivity index (χ1v) is 11.9. The maximum Gasteiger partial charge on any atom is 0.274 e. The molecule has 0 radical (unpaired) electrons. The summed E-state index contributed by atoms with van der Waals surface area (Å²) in [5, 5.41) is 5.79. The standard InChI is InChI=1S/C26H28N6O4/c1-26(25(35)29-14-18-7-3-4-8-20(18)36-2)15-31-16-30-21(22(31)24(34)32(26)19-9-10-19)23(33)28-13-17-6-5-11-27-12-17/h3-8,11-12,16,19H,9-10,13-15H2,1-2H3,(H,28,33)(H,29,35). The van der Waals surface area contributed by atoms with Crippen LogP contribution in [0.25, 0.3) is 0 Å². The lowest BCUT2D eigenvalue weighted by molar-refractivity contribution is -0.133. The molecule has 2 N–H and O–H groups in total. The fraction of sp³-hybridized carbons (Fsp3) is 0.346. The van der Waals surface area contributed by atoms with Crippen LogP contribution in [-0.4, -0.2) is 55.8 Å². The summed E-state index contributed by atoms with van der Waals surface area (Å²) in [6, 6.07) is 11.1. The number of ether oxygens (including phenoxy) is 1. The van der Waals surface area contributed by atoms with Crippen molar-refractivity contribution in [2.45, 2.75) is 51.0 Å². The molecule has 36 heavy (non-hydrogen) atoms. The van der Waals surface area contributed by atoms with E-state index in [0.29, 0.717) is 5.75 Å². The summed E-state index contributed by atoms with van der Waals surface area (Å²) in [5.74, 6) is -0.389. The Morgan fingerprint density at radius 2 is 1.94 bits per heavy atom. The first-order chi connectivity index (χ1) is 17.4. The molecule has 1 saturated carbocycles. The molecular formula is C26H28N6O4. The molecule has 1 aliphatic carbocycles. The Hall–Kier alpha value is -4.21. The van der Waals surface area contributed by atoms with Gasteiger partial charge in [-0.2, -0.15) is 0 Å². The Bertz CT molecular complexity index is 1300. The second-order valence-corrected chi connectivity index (χ2v) is 9.29. The zero-order chi connectivity index (χ0) is 25.3. The average molecular weight is 489 g/mol. The van der Waals surface area contributed by atoms with E-state index in [4.69, 9.17) is 4.74 Å². The summed E-state index contributed by atoms with van der Waals surface area (Å²) < 4.78 is 7.00. The normalized spacial score (nSPS) is 18.9. The van der Waals surface area contributed by atoms with Crippen LogP contribution in [0.15, 0.2) is 55.1 Å². The summed E-state index contributed by atoms with van der Waals surface area (Å²) in [5.41, 5.74) is 0.820. The Balaban J connectivity index is 1.37. The smallest absolute Gasteiger partial charge is 0.274 e. The number of hydrogen-bond donors (Lipinski definition) is 2. The van der Waals surface area contributed by atoms with Gasteiger partial charge in [-0.1, -0.05) is 24.3 Å². The number of nitrogens with one attached hydrogen (secondary N) is 2. The average Bonchev–Trinajstić information content (AvgIpc) is 3.64. The molecule has 3 amide bonds. The van der Waals surface area contributed by atoms with E-state index in [0.717, 1.165) is 24.0 Å². The minimum absolute atomic E-state index is 0.0468. The van der Waals surface area contributed by atoms with Gasteiger partial charge in [0.15, 0.2) is 5.69 Å². The van der Waals surface area contributed by atoms with Crippen molar-refractivity contribution in [3.05, 3.63) is 77.6 Å². The van der Waals surface area contributed by atoms with Crippen molar-refractivity contribution in [2.75, 3.05) is 7.11 Å². The number of amides is 3. The Kier molecular flexibility index (Phi) is 6.17. The molecular weight excluding hydrogens is 460 g/mol. The van der Waals surface area contributed by atoms with Gasteiger partial charge in [-0.15, -0.1) is 0 Å². The van der Waals surface area contributed by atoms with Crippen LogP contribution in [0.1, 0.15) is 51.9 Å². The number of nitrogens with zero attached hydrogens (tertiary/aromatic N) is 4. The maximum absolute atomic E-state index is 13.7. The van der Waals surface area contributed by atoms with Gasteiger partial charge in [-0.25, -0.2) is 4.98 Å². The second-order valence-electron chi connectivity index (χ2n) is 9.29. The van der Waals surface area contributed by atoms with Gasteiger partial charge in [0.25, 0.3) is 11.8 Å². The van der Waals surface area contributed by atoms with E-state index in [1.165, 1.54) is 6.33 Å². The predicted molar refractivity (Wildman–Crippen MR) is 130 cm³/mol. The highest BCUT2D eigenvalue weighted by Gasteiger charge is 2.53. The first-order valence-electron chi connectivity index (χ1n) is 11.9. The highest BCUT2D eigenvalue weighted by molar-refractivity contribution is 6.07. The quantitative estimate of drug-likeness (QED) is 0.500. The van der Waals surface area contributed by atoms with E-state index >= 15 is 0 Å². The molecule has 0 saturated heterocycles. The van der Waals surface area contributed by atoms with Crippen molar-refractivity contribution in [3.63, 3.8) is 0 Å². The highest BCUT2D eigenvalue weighted by atomic mass is 16.5. The molecule has 2 aromatic heterocycles. The number of pyridine rings is 1. The number of rotatable bonds is 8. The number of carbonyl (C=O) groups excluding carboxylic acids is 3. The fourth-order valence-corrected chi connectivity index (χ4v) is 4.71. The topological polar surface area (TPSA) is 118 Å². The molecule has 10 heteroatoms. The van der Waals surface area contributed by atoms with Crippen LogP contribution < -0.4 is 15.4 Å². The SMILES string of the molecule is COc1ccccc1CNC(=O)C1(C)Cn2cnc(C(=O)NCc3cccnc3)c2C(=O)N1C1CC1. The van der Waals surface area contributed by atoms with Gasteiger partial charge >= 0.3 is 0 Å². The van der Waals surface area contributed by atoms with E-state index in [-0.39, 0.29) is 48.9 Å². The third-order valence-corrected chi connectivity index (χ3v) is 6.69. The monoisotopic (exact) mass is 488 g/mol. The van der Waals surface area contributed by atoms with Crippen LogP contribution in [0.2, 0.25) is 0 Å². The third kappa shape index (κ3) is 4.30. The van der Waals surface area contributed by atoms with Crippen molar-refractivity contribution in [1.29, 1.82) is 0 Å². The fourth-order valence-electron chi connectivity index (χ4n) is 4.71. The van der Waals surface area contributed by atoms with Gasteiger partial charge in [-0.05, 0) is 37.5 Å². The highest BCUT2D eigenvalue weighted by Crippen LogP contribution is 2.39. The first kappa shape index (κ1) is 23.5. The lowest BCUT2D eigenvalue weighted by Crippen LogP contribution is -2.64. The van der Waals surface area contributed by atoms with E-state index in [1.54, 1.807) is 42.0 Å². The minimum atomic E-state index is -1.13. The molecule has 0 bridgehead atoms. The molecule has 0 spiro atoms. The molecule has 2 aliphatic rings. The molecule has 3 heterocycles. The van der Waals surface area contributed by atoms with Crippen LogP contribution in [0.5, 0.6) is 5.75 Å². The molecule has 1 unspecified atom stereocenters. The van der Waals surface area contributed by atoms with Crippen LogP contribution in [-0.2, 0) is 24.4 Å². The number of fused-ring (bicyclic) bond motifs is 1. The van der Waals surface area contributed by atoms with Crippen molar-refractivity contribution in [3.8, 4) is 5.75 Å². The van der Waals surface area contributed by atoms with Crippen LogP contribution in [0.4, 0.5) is 0 Å². The minimum Gasteiger partial charge on any atom is -0.496 e. The Labute approximate surface area is 208 Å². The molecule has 10 nitrogen and oxygen atoms in total. The number of para-hydroxylation sites is 1. The van der Waals surface area contributed by atoms with Gasteiger partial charge in [-0.3, -0.25) is 19.4 Å². The van der Waals surface area contributed by atoms with E-state index < -0.39 is 11.4 Å². The predicted octanol–water partition coefficient (Wildman–Crippen LogP) is 1.91. The molecule has 3 aromatic rings. The number of benzene rings is 1. The van der Waals surface area contributed by atoms with Crippen molar-refractivity contribution >= 4 is 17.7 Å². The van der Waals surface area contributed by atoms with Gasteiger partial charge in [0.05, 0.1) is 20.0 Å². The van der Waals surface area contributed by atoms with Crippen LogP contribution in [0.3, 0.4) is 0 Å². The molecule has 5 rings (SSSR count). The molecule has 186 valence electrons. The summed E-state index contributed by atoms with van der Waals surface area (Å²) in [4.78, 5) is 50.1. The number of imidazole rings is 1. The Morgan fingerprint density at radius 1 is 1.14 bits per heavy atom. The van der Waals surface area contributed by atoms with E-state index in [9.17, 15) is 14.4 Å². The van der Waals surface area contributed by atoms with Crippen molar-refractivity contribution in [1.82, 2.24) is 30.1 Å². The second kappa shape index (κ2) is 9.44. The van der Waals surface area contributed by atoms with Gasteiger partial charge in [0, 0.05) is 37.1 Å². The third-order valence-electron chi connectivity index (χ3n) is 6.69. The lowest BCUT2D eigenvalue weighted by Gasteiger charge is -2.44. The van der Waals surface area contributed by atoms with Crippen molar-refractivity contribution in [2.24, 2.45) is 0 Å². The number of aromatic nitrogens is 3. The summed E-state index contributed by atoms with van der Waals surface area (Å²) in [6.45, 7) is 2.50. The molecule has 1 atom stereocenters. The largest absolute Gasteiger partial charge is 0.496 e. The lowest BCUT2D eigenvalue weighted by atomic mass is 9.93. The molecule has 1 fully saturated rings. The van der Waals surface area contributed by atoms with Gasteiger partial charge in [0.1, 0.15) is 17.0 Å². The van der Waals surface area contributed by atoms with E-state index in [2.05, 4.69) is 20.6 Å². The zero-order valence-corrected chi connectivity index (χ0v) is 20.2. The molecule has 1 aliphatic heterocycles. The van der Waals surface area contributed by atoms with E-state index in [1.807, 2.05) is 30.3 Å². The summed E-state index contributed by atoms with van der Waals surface area (Å²) >= 11 is 0. The zero-order valence-electron chi connectivity index (χ0n) is 20.2. The number of methoxy groups -OCH3 is 1. The van der Waals surface area contributed by atoms with Gasteiger partial charge in [0.2, 0.25) is 5.91 Å².